The molecule has 0 aromatic rings. The Kier molecular flexibility index (Phi) is 8.05. The van der Waals surface area contributed by atoms with Gasteiger partial charge in [-0.3, -0.25) is 19.2 Å². The van der Waals surface area contributed by atoms with Crippen LogP contribution in [0.1, 0.15) is 39.5 Å². The number of carbonyl (C=O) groups excluding carboxylic acids is 4. The van der Waals surface area contributed by atoms with Crippen molar-refractivity contribution in [1.82, 2.24) is 0 Å². The van der Waals surface area contributed by atoms with E-state index in [4.69, 9.17) is 4.74 Å². The summed E-state index contributed by atoms with van der Waals surface area (Å²) in [6, 6.07) is 0. The third-order valence-electron chi connectivity index (χ3n) is 1.94. The van der Waals surface area contributed by atoms with Crippen molar-refractivity contribution in [3.63, 3.8) is 0 Å². The Balaban J connectivity index is 3.46. The fourth-order valence-electron chi connectivity index (χ4n) is 1.21. The van der Waals surface area contributed by atoms with Crippen LogP contribution in [0, 0.1) is 0 Å². The van der Waals surface area contributed by atoms with Crippen LogP contribution in [-0.2, 0) is 23.9 Å². The third kappa shape index (κ3) is 10.9. The van der Waals surface area contributed by atoms with Crippen molar-refractivity contribution in [3.05, 3.63) is 0 Å². The zero-order valence-electron chi connectivity index (χ0n) is 10.3. The molecule has 0 spiro atoms. The number of ether oxygens (including phenoxy) is 1. The van der Waals surface area contributed by atoms with E-state index >= 15 is 0 Å². The van der Waals surface area contributed by atoms with E-state index in [9.17, 15) is 19.2 Å². The SMILES string of the molecule is CC(=O)CC(=O)CCOCCC(=O)CC(C)=O. The van der Waals surface area contributed by atoms with Gasteiger partial charge in [-0.25, -0.2) is 0 Å². The number of Topliss-reactive ketones (excluding diaryl/α,β-unsaturated/α-hetero) is 4. The number of carbonyl (C=O) groups is 4. The van der Waals surface area contributed by atoms with Gasteiger partial charge in [0.25, 0.3) is 0 Å². The highest BCUT2D eigenvalue weighted by Gasteiger charge is 2.07. The van der Waals surface area contributed by atoms with Gasteiger partial charge in [0.05, 0.1) is 26.1 Å². The summed E-state index contributed by atoms with van der Waals surface area (Å²) >= 11 is 0. The quantitative estimate of drug-likeness (QED) is 0.420. The number of rotatable bonds is 10. The number of hydrogen-bond donors (Lipinski definition) is 0. The van der Waals surface area contributed by atoms with Crippen LogP contribution in [0.5, 0.6) is 0 Å². The van der Waals surface area contributed by atoms with Crippen molar-refractivity contribution in [2.45, 2.75) is 39.5 Å². The first-order chi connectivity index (χ1) is 7.91. The van der Waals surface area contributed by atoms with Crippen molar-refractivity contribution in [1.29, 1.82) is 0 Å². The standard InChI is InChI=1S/C12H18O5/c1-9(13)7-11(15)3-5-17-6-4-12(16)8-10(2)14/h3-8H2,1-2H3. The topological polar surface area (TPSA) is 77.5 Å². The summed E-state index contributed by atoms with van der Waals surface area (Å²) in [5, 5.41) is 0. The van der Waals surface area contributed by atoms with Crippen molar-refractivity contribution < 1.29 is 23.9 Å². The molecule has 0 aliphatic carbocycles. The minimum absolute atomic E-state index is 0.0629. The van der Waals surface area contributed by atoms with Gasteiger partial charge in [0, 0.05) is 12.8 Å². The van der Waals surface area contributed by atoms with Crippen LogP contribution in [0.2, 0.25) is 0 Å². The zero-order valence-corrected chi connectivity index (χ0v) is 10.3. The van der Waals surface area contributed by atoms with Gasteiger partial charge < -0.3 is 4.74 Å². The average molecular weight is 242 g/mol. The largest absolute Gasteiger partial charge is 0.381 e. The van der Waals surface area contributed by atoms with E-state index < -0.39 is 0 Å². The molecule has 0 atom stereocenters. The monoisotopic (exact) mass is 242 g/mol. The van der Waals surface area contributed by atoms with Crippen molar-refractivity contribution in [2.75, 3.05) is 13.2 Å². The van der Waals surface area contributed by atoms with Crippen LogP contribution in [0.25, 0.3) is 0 Å². The molecule has 0 aliphatic rings. The summed E-state index contributed by atoms with van der Waals surface area (Å²) in [6.07, 6.45) is 0.236. The molecule has 0 heterocycles. The van der Waals surface area contributed by atoms with Crippen LogP contribution >= 0.6 is 0 Å². The maximum Gasteiger partial charge on any atom is 0.142 e. The van der Waals surface area contributed by atoms with E-state index in [0.717, 1.165) is 0 Å². The average Bonchev–Trinajstić information content (AvgIpc) is 2.14. The van der Waals surface area contributed by atoms with Gasteiger partial charge in [-0.1, -0.05) is 0 Å². The molecule has 96 valence electrons. The Hall–Kier alpha value is -1.36. The van der Waals surface area contributed by atoms with Gasteiger partial charge in [-0.05, 0) is 13.8 Å². The molecule has 0 saturated carbocycles. The van der Waals surface area contributed by atoms with E-state index in [-0.39, 0.29) is 62.0 Å². The van der Waals surface area contributed by atoms with Crippen LogP contribution in [0.15, 0.2) is 0 Å². The number of hydrogen-bond acceptors (Lipinski definition) is 5. The molecule has 5 heteroatoms. The van der Waals surface area contributed by atoms with Crippen LogP contribution in [0.4, 0.5) is 0 Å². The molecule has 0 amide bonds. The van der Waals surface area contributed by atoms with Crippen LogP contribution in [-0.4, -0.2) is 36.3 Å². The molecule has 0 radical (unpaired) electrons. The maximum atomic E-state index is 11.1. The summed E-state index contributed by atoms with van der Waals surface area (Å²) in [6.45, 7) is 3.14. The minimum Gasteiger partial charge on any atom is -0.381 e. The summed E-state index contributed by atoms with van der Waals surface area (Å²) in [7, 11) is 0. The smallest absolute Gasteiger partial charge is 0.142 e. The lowest BCUT2D eigenvalue weighted by atomic mass is 10.1. The first-order valence-electron chi connectivity index (χ1n) is 5.52. The Bertz CT molecular complexity index is 276. The van der Waals surface area contributed by atoms with Gasteiger partial charge in [0.15, 0.2) is 0 Å². The Morgan fingerprint density at radius 2 is 1.12 bits per heavy atom. The van der Waals surface area contributed by atoms with E-state index in [1.54, 1.807) is 0 Å². The predicted octanol–water partition coefficient (Wildman–Crippen LogP) is 0.880. The molecule has 0 fully saturated rings. The van der Waals surface area contributed by atoms with E-state index in [0.29, 0.717) is 0 Å². The summed E-state index contributed by atoms with van der Waals surface area (Å²) in [5.74, 6) is -0.640. The van der Waals surface area contributed by atoms with Gasteiger partial charge >= 0.3 is 0 Å². The molecular formula is C12H18O5. The van der Waals surface area contributed by atoms with Crippen LogP contribution < -0.4 is 0 Å². The lowest BCUT2D eigenvalue weighted by molar-refractivity contribution is -0.127. The van der Waals surface area contributed by atoms with Gasteiger partial charge in [0.1, 0.15) is 23.1 Å². The van der Waals surface area contributed by atoms with Gasteiger partial charge in [-0.15, -0.1) is 0 Å². The van der Waals surface area contributed by atoms with Crippen molar-refractivity contribution in [3.8, 4) is 0 Å². The van der Waals surface area contributed by atoms with Gasteiger partial charge in [-0.2, -0.15) is 0 Å². The van der Waals surface area contributed by atoms with Crippen LogP contribution in [0.3, 0.4) is 0 Å². The molecule has 0 N–H and O–H groups in total. The second-order valence-corrected chi connectivity index (χ2v) is 3.95. The highest BCUT2D eigenvalue weighted by molar-refractivity contribution is 5.98. The first kappa shape index (κ1) is 15.6. The third-order valence-corrected chi connectivity index (χ3v) is 1.94. The molecule has 0 unspecified atom stereocenters. The van der Waals surface area contributed by atoms with E-state index in [1.807, 2.05) is 0 Å². The Labute approximate surface area is 101 Å². The highest BCUT2D eigenvalue weighted by Crippen LogP contribution is 1.95. The Morgan fingerprint density at radius 3 is 1.41 bits per heavy atom. The molecule has 17 heavy (non-hydrogen) atoms. The fraction of sp³-hybridized carbons (Fsp3) is 0.667. The first-order valence-corrected chi connectivity index (χ1v) is 5.52. The summed E-state index contributed by atoms with van der Waals surface area (Å²) < 4.78 is 5.07. The van der Waals surface area contributed by atoms with Crippen molar-refractivity contribution >= 4 is 23.1 Å². The minimum atomic E-state index is -0.161. The zero-order chi connectivity index (χ0) is 13.3. The summed E-state index contributed by atoms with van der Waals surface area (Å²) in [5.41, 5.74) is 0. The normalized spacial score (nSPS) is 10.0. The van der Waals surface area contributed by atoms with E-state index in [1.165, 1.54) is 13.8 Å². The molecular weight excluding hydrogens is 224 g/mol. The maximum absolute atomic E-state index is 11.1. The summed E-state index contributed by atoms with van der Waals surface area (Å²) in [4.78, 5) is 43.4. The van der Waals surface area contributed by atoms with Crippen molar-refractivity contribution in [2.24, 2.45) is 0 Å². The highest BCUT2D eigenvalue weighted by atomic mass is 16.5. The second kappa shape index (κ2) is 8.75. The fourth-order valence-corrected chi connectivity index (χ4v) is 1.21. The lowest BCUT2D eigenvalue weighted by Crippen LogP contribution is -2.11. The van der Waals surface area contributed by atoms with Gasteiger partial charge in [0.2, 0.25) is 0 Å². The Morgan fingerprint density at radius 1 is 0.765 bits per heavy atom. The molecule has 0 bridgehead atoms. The molecule has 0 saturated heterocycles. The predicted molar refractivity (Wildman–Crippen MR) is 60.7 cm³/mol. The molecule has 0 aromatic heterocycles. The molecule has 0 aromatic carbocycles. The second-order valence-electron chi connectivity index (χ2n) is 3.95. The number of ketones is 4. The molecule has 0 aliphatic heterocycles. The molecule has 0 rings (SSSR count). The molecule has 5 nitrogen and oxygen atoms in total. The van der Waals surface area contributed by atoms with E-state index in [2.05, 4.69) is 0 Å². The lowest BCUT2D eigenvalue weighted by Gasteiger charge is -2.02.